The second kappa shape index (κ2) is 10.1. The van der Waals surface area contributed by atoms with Gasteiger partial charge in [0.15, 0.2) is 11.5 Å². The van der Waals surface area contributed by atoms with E-state index in [1.54, 1.807) is 0 Å². The summed E-state index contributed by atoms with van der Waals surface area (Å²) in [6.45, 7) is 2.48. The van der Waals surface area contributed by atoms with Gasteiger partial charge in [0, 0.05) is 18.2 Å². The topological polar surface area (TPSA) is 128 Å². The van der Waals surface area contributed by atoms with Crippen LogP contribution in [-0.4, -0.2) is 35.6 Å². The summed E-state index contributed by atoms with van der Waals surface area (Å²) in [5, 5.41) is 23.1. The van der Waals surface area contributed by atoms with Crippen molar-refractivity contribution in [1.29, 1.82) is 0 Å². The van der Waals surface area contributed by atoms with Crippen molar-refractivity contribution in [3.63, 3.8) is 0 Å². The first-order valence-corrected chi connectivity index (χ1v) is 8.99. The minimum atomic E-state index is -0.996. The number of nitro benzene ring substituents is 1. The third-order valence-electron chi connectivity index (χ3n) is 4.04. The highest BCUT2D eigenvalue weighted by molar-refractivity contribution is 5.95. The van der Waals surface area contributed by atoms with Gasteiger partial charge in [0.25, 0.3) is 5.91 Å². The molecule has 1 amide bonds. The predicted octanol–water partition coefficient (Wildman–Crippen LogP) is 3.55. The van der Waals surface area contributed by atoms with Gasteiger partial charge in [0.1, 0.15) is 0 Å². The van der Waals surface area contributed by atoms with E-state index in [0.717, 1.165) is 18.9 Å². The number of hydrogen-bond donors (Lipinski definition) is 2. The maximum absolute atomic E-state index is 12.1. The van der Waals surface area contributed by atoms with Crippen molar-refractivity contribution in [2.75, 3.05) is 13.7 Å². The zero-order valence-electron chi connectivity index (χ0n) is 16.1. The van der Waals surface area contributed by atoms with Crippen LogP contribution in [0.15, 0.2) is 36.4 Å². The van der Waals surface area contributed by atoms with Crippen LogP contribution in [0, 0.1) is 10.1 Å². The average Bonchev–Trinajstić information content (AvgIpc) is 2.68. The summed E-state index contributed by atoms with van der Waals surface area (Å²) in [7, 11) is 1.38. The number of benzene rings is 2. The molecule has 0 radical (unpaired) electrons. The summed E-state index contributed by atoms with van der Waals surface area (Å²) in [6.07, 6.45) is 1.53. The van der Waals surface area contributed by atoms with Gasteiger partial charge in [-0.3, -0.25) is 19.7 Å². The van der Waals surface area contributed by atoms with Gasteiger partial charge in [-0.2, -0.15) is 0 Å². The zero-order chi connectivity index (χ0) is 21.4. The lowest BCUT2D eigenvalue weighted by molar-refractivity contribution is -0.385. The number of nitrogens with one attached hydrogen (secondary N) is 1. The minimum absolute atomic E-state index is 0.0654. The molecule has 9 heteroatoms. The summed E-state index contributed by atoms with van der Waals surface area (Å²) in [6, 6.07) is 8.44. The van der Waals surface area contributed by atoms with Crippen LogP contribution in [0.25, 0.3) is 0 Å². The molecule has 0 saturated heterocycles. The van der Waals surface area contributed by atoms with Crippen LogP contribution in [0.3, 0.4) is 0 Å². The van der Waals surface area contributed by atoms with E-state index < -0.39 is 16.8 Å². The second-order valence-corrected chi connectivity index (χ2v) is 6.21. The number of amides is 1. The first kappa shape index (κ1) is 21.7. The summed E-state index contributed by atoms with van der Waals surface area (Å²) < 4.78 is 10.8. The molecular weight excluding hydrogens is 380 g/mol. The van der Waals surface area contributed by atoms with Crippen molar-refractivity contribution in [3.05, 3.63) is 57.6 Å². The maximum Gasteiger partial charge on any atom is 0.312 e. The number of unbranched alkanes of at least 4 members (excludes halogenated alkanes) is 1. The fraction of sp³-hybridized carbons (Fsp3) is 0.300. The van der Waals surface area contributed by atoms with Crippen LogP contribution in [0.1, 0.15) is 35.7 Å². The average molecular weight is 402 g/mol. The first-order valence-electron chi connectivity index (χ1n) is 8.99. The Hall–Kier alpha value is -3.62. The van der Waals surface area contributed by atoms with Crippen LogP contribution in [0.4, 0.5) is 5.69 Å². The van der Waals surface area contributed by atoms with Gasteiger partial charge in [-0.15, -0.1) is 0 Å². The molecule has 9 nitrogen and oxygen atoms in total. The minimum Gasteiger partial charge on any atom is -0.493 e. The highest BCUT2D eigenvalue weighted by Crippen LogP contribution is 2.37. The largest absolute Gasteiger partial charge is 0.493 e. The molecule has 2 aromatic rings. The first-order chi connectivity index (χ1) is 13.8. The molecule has 0 heterocycles. The van der Waals surface area contributed by atoms with Crippen molar-refractivity contribution in [2.45, 2.75) is 26.2 Å². The van der Waals surface area contributed by atoms with Gasteiger partial charge in [-0.05, 0) is 36.2 Å². The molecule has 0 aliphatic carbocycles. The van der Waals surface area contributed by atoms with Crippen LogP contribution in [0.2, 0.25) is 0 Å². The normalized spacial score (nSPS) is 10.3. The fourth-order valence-electron chi connectivity index (χ4n) is 2.57. The summed E-state index contributed by atoms with van der Waals surface area (Å²) in [4.78, 5) is 33.8. The monoisotopic (exact) mass is 402 g/mol. The molecule has 0 bridgehead atoms. The number of nitro groups is 1. The van der Waals surface area contributed by atoms with Crippen LogP contribution in [0.5, 0.6) is 17.2 Å². The fourth-order valence-corrected chi connectivity index (χ4v) is 2.57. The lowest BCUT2D eigenvalue weighted by Crippen LogP contribution is -2.24. The number of carboxylic acids is 1. The molecule has 2 rings (SSSR count). The van der Waals surface area contributed by atoms with E-state index in [-0.39, 0.29) is 34.9 Å². The number of carbonyl (C=O) groups excluding carboxylic acids is 1. The zero-order valence-corrected chi connectivity index (χ0v) is 16.1. The van der Waals surface area contributed by atoms with Crippen LogP contribution < -0.4 is 14.8 Å². The van der Waals surface area contributed by atoms with Crippen molar-refractivity contribution < 1.29 is 29.1 Å². The van der Waals surface area contributed by atoms with E-state index in [1.165, 1.54) is 37.4 Å². The van der Waals surface area contributed by atoms with Crippen molar-refractivity contribution in [2.24, 2.45) is 0 Å². The molecule has 0 unspecified atom stereocenters. The van der Waals surface area contributed by atoms with Gasteiger partial charge in [0.05, 0.1) is 18.5 Å². The maximum atomic E-state index is 12.1. The van der Waals surface area contributed by atoms with Crippen molar-refractivity contribution >= 4 is 17.6 Å². The third kappa shape index (κ3) is 5.93. The standard InChI is InChI=1S/C20H22N2O7/c1-3-4-9-21-20(25)14-6-8-16(15(12-14)22(26)27)29-17-7-5-13(11-19(23)24)10-18(17)28-2/h5-8,10,12H,3-4,9,11H2,1-2H3,(H,21,25)(H,23,24). The summed E-state index contributed by atoms with van der Waals surface area (Å²) in [5.41, 5.74) is 0.282. The van der Waals surface area contributed by atoms with Gasteiger partial charge in [-0.1, -0.05) is 19.4 Å². The molecule has 0 saturated carbocycles. The molecule has 0 spiro atoms. The van der Waals surface area contributed by atoms with E-state index >= 15 is 0 Å². The molecule has 0 atom stereocenters. The van der Waals surface area contributed by atoms with E-state index in [4.69, 9.17) is 14.6 Å². The van der Waals surface area contributed by atoms with Crippen LogP contribution in [-0.2, 0) is 11.2 Å². The van der Waals surface area contributed by atoms with Crippen molar-refractivity contribution in [1.82, 2.24) is 5.32 Å². The summed E-state index contributed by atoms with van der Waals surface area (Å²) in [5.74, 6) is -1.04. The number of methoxy groups -OCH3 is 1. The second-order valence-electron chi connectivity index (χ2n) is 6.21. The van der Waals surface area contributed by atoms with Crippen molar-refractivity contribution in [3.8, 4) is 17.2 Å². The van der Waals surface area contributed by atoms with E-state index in [2.05, 4.69) is 5.32 Å². The number of nitrogens with zero attached hydrogens (tertiary/aromatic N) is 1. The number of carbonyl (C=O) groups is 2. The lowest BCUT2D eigenvalue weighted by Gasteiger charge is -2.12. The SMILES string of the molecule is CCCCNC(=O)c1ccc(Oc2ccc(CC(=O)O)cc2OC)c([N+](=O)[O-])c1. The number of carboxylic acid groups (broad SMARTS) is 1. The number of hydrogen-bond acceptors (Lipinski definition) is 6. The Balaban J connectivity index is 2.29. The summed E-state index contributed by atoms with van der Waals surface area (Å²) >= 11 is 0. The molecule has 0 aliphatic rings. The molecular formula is C20H22N2O7. The Morgan fingerprint density at radius 3 is 2.48 bits per heavy atom. The molecule has 0 fully saturated rings. The molecule has 2 aromatic carbocycles. The highest BCUT2D eigenvalue weighted by Gasteiger charge is 2.21. The Bertz CT molecular complexity index is 912. The van der Waals surface area contributed by atoms with E-state index in [9.17, 15) is 19.7 Å². The van der Waals surface area contributed by atoms with Gasteiger partial charge >= 0.3 is 11.7 Å². The molecule has 154 valence electrons. The molecule has 0 aliphatic heterocycles. The number of rotatable bonds is 10. The van der Waals surface area contributed by atoms with E-state index in [0.29, 0.717) is 12.1 Å². The molecule has 0 aromatic heterocycles. The Labute approximate surface area is 167 Å². The Morgan fingerprint density at radius 1 is 1.14 bits per heavy atom. The molecule has 2 N–H and O–H groups in total. The number of ether oxygens (including phenoxy) is 2. The van der Waals surface area contributed by atoms with Crippen LogP contribution >= 0.6 is 0 Å². The lowest BCUT2D eigenvalue weighted by atomic mass is 10.1. The third-order valence-corrected chi connectivity index (χ3v) is 4.04. The smallest absolute Gasteiger partial charge is 0.312 e. The van der Waals surface area contributed by atoms with Gasteiger partial charge in [-0.25, -0.2) is 0 Å². The van der Waals surface area contributed by atoms with Gasteiger partial charge in [0.2, 0.25) is 5.75 Å². The quantitative estimate of drug-likeness (QED) is 0.353. The predicted molar refractivity (Wildman–Crippen MR) is 105 cm³/mol. The molecule has 29 heavy (non-hydrogen) atoms. The Morgan fingerprint density at radius 2 is 1.86 bits per heavy atom. The Kier molecular flexibility index (Phi) is 7.53. The van der Waals surface area contributed by atoms with E-state index in [1.807, 2.05) is 6.92 Å². The van der Waals surface area contributed by atoms with Gasteiger partial charge < -0.3 is 19.9 Å². The number of aliphatic carboxylic acids is 1. The highest BCUT2D eigenvalue weighted by atomic mass is 16.6.